The van der Waals surface area contributed by atoms with Crippen molar-refractivity contribution in [1.29, 1.82) is 0 Å². The van der Waals surface area contributed by atoms with E-state index in [9.17, 15) is 18.0 Å². The Bertz CT molecular complexity index is 672. The number of carboxylic acid groups (broad SMARTS) is 1. The highest BCUT2D eigenvalue weighted by Crippen LogP contribution is 2.37. The van der Waals surface area contributed by atoms with Gasteiger partial charge in [0, 0.05) is 5.56 Å². The highest BCUT2D eigenvalue weighted by molar-refractivity contribution is 7.98. The monoisotopic (exact) mass is 313 g/mol. The van der Waals surface area contributed by atoms with Gasteiger partial charge in [-0.1, -0.05) is 30.3 Å². The molecule has 0 saturated heterocycles. The predicted octanol–water partition coefficient (Wildman–Crippen LogP) is 4.19. The highest BCUT2D eigenvalue weighted by Gasteiger charge is 2.38. The predicted molar refractivity (Wildman–Crippen MR) is 73.4 cm³/mol. The molecule has 0 bridgehead atoms. The molecule has 0 spiro atoms. The Hall–Kier alpha value is -2.02. The van der Waals surface area contributed by atoms with E-state index in [1.54, 1.807) is 30.3 Å². The van der Waals surface area contributed by atoms with Gasteiger partial charge in [-0.25, -0.2) is 9.78 Å². The van der Waals surface area contributed by atoms with E-state index < -0.39 is 23.3 Å². The number of benzene rings is 1. The fraction of sp³-hybridized carbons (Fsp3) is 0.143. The summed E-state index contributed by atoms with van der Waals surface area (Å²) >= 11 is 0.871. The number of hydrogen-bond donors (Lipinski definition) is 1. The van der Waals surface area contributed by atoms with Gasteiger partial charge >= 0.3 is 12.1 Å². The molecule has 0 unspecified atom stereocenters. The zero-order valence-electron chi connectivity index (χ0n) is 10.8. The van der Waals surface area contributed by atoms with Crippen molar-refractivity contribution in [2.75, 3.05) is 6.26 Å². The van der Waals surface area contributed by atoms with Gasteiger partial charge in [-0.3, -0.25) is 0 Å². The number of halogens is 3. The van der Waals surface area contributed by atoms with Gasteiger partial charge < -0.3 is 5.11 Å². The molecule has 0 amide bonds. The summed E-state index contributed by atoms with van der Waals surface area (Å²) in [6.07, 6.45) is -3.27. The molecule has 0 aliphatic rings. The van der Waals surface area contributed by atoms with Gasteiger partial charge in [-0.05, 0) is 12.3 Å². The van der Waals surface area contributed by atoms with Gasteiger partial charge in [-0.2, -0.15) is 13.2 Å². The van der Waals surface area contributed by atoms with Gasteiger partial charge in [0.25, 0.3) is 0 Å². The standard InChI is InChI=1S/C14H10F3NO2S/c1-21-12-11(13(19)20)9(14(15,16)17)7-10(18-12)8-5-3-2-4-6-8/h2-7H,1H3,(H,19,20). The van der Waals surface area contributed by atoms with Crippen molar-refractivity contribution in [3.8, 4) is 11.3 Å². The number of carbonyl (C=O) groups is 1. The van der Waals surface area contributed by atoms with Crippen molar-refractivity contribution in [2.45, 2.75) is 11.2 Å². The first kappa shape index (κ1) is 15.4. The van der Waals surface area contributed by atoms with Crippen LogP contribution >= 0.6 is 11.8 Å². The van der Waals surface area contributed by atoms with Crippen LogP contribution in [0.25, 0.3) is 11.3 Å². The number of rotatable bonds is 3. The van der Waals surface area contributed by atoms with Crippen LogP contribution in [0.15, 0.2) is 41.4 Å². The maximum atomic E-state index is 13.1. The van der Waals surface area contributed by atoms with Crippen molar-refractivity contribution in [3.05, 3.63) is 47.5 Å². The zero-order chi connectivity index (χ0) is 15.6. The molecule has 1 heterocycles. The minimum Gasteiger partial charge on any atom is -0.478 e. The third kappa shape index (κ3) is 3.18. The number of thioether (sulfide) groups is 1. The molecule has 0 aliphatic carbocycles. The smallest absolute Gasteiger partial charge is 0.417 e. The minimum atomic E-state index is -4.76. The lowest BCUT2D eigenvalue weighted by Gasteiger charge is -2.14. The molecule has 7 heteroatoms. The average Bonchev–Trinajstić information content (AvgIpc) is 2.45. The van der Waals surface area contributed by atoms with Crippen LogP contribution in [-0.2, 0) is 6.18 Å². The average molecular weight is 313 g/mol. The number of hydrogen-bond acceptors (Lipinski definition) is 3. The normalized spacial score (nSPS) is 11.4. The van der Waals surface area contributed by atoms with Crippen LogP contribution < -0.4 is 0 Å². The third-order valence-corrected chi connectivity index (χ3v) is 3.45. The van der Waals surface area contributed by atoms with Crippen LogP contribution in [0.5, 0.6) is 0 Å². The van der Waals surface area contributed by atoms with E-state index in [0.717, 1.165) is 17.8 Å². The molecule has 3 nitrogen and oxygen atoms in total. The fourth-order valence-corrected chi connectivity index (χ4v) is 2.45. The Balaban J connectivity index is 2.75. The maximum absolute atomic E-state index is 13.1. The largest absolute Gasteiger partial charge is 0.478 e. The third-order valence-electron chi connectivity index (χ3n) is 2.77. The molecular weight excluding hydrogens is 303 g/mol. The first-order valence-corrected chi connectivity index (χ1v) is 7.02. The molecule has 0 atom stereocenters. The topological polar surface area (TPSA) is 50.2 Å². The summed E-state index contributed by atoms with van der Waals surface area (Å²) in [6, 6.07) is 9.09. The molecule has 1 aromatic carbocycles. The zero-order valence-corrected chi connectivity index (χ0v) is 11.6. The summed E-state index contributed by atoms with van der Waals surface area (Å²) in [6.45, 7) is 0. The van der Waals surface area contributed by atoms with Crippen LogP contribution in [0.3, 0.4) is 0 Å². The van der Waals surface area contributed by atoms with Crippen molar-refractivity contribution < 1.29 is 23.1 Å². The summed E-state index contributed by atoms with van der Waals surface area (Å²) in [4.78, 5) is 15.2. The molecule has 1 N–H and O–H groups in total. The molecule has 110 valence electrons. The second-order valence-electron chi connectivity index (χ2n) is 4.11. The van der Waals surface area contributed by atoms with E-state index in [1.807, 2.05) is 0 Å². The Labute approximate surface area is 122 Å². The van der Waals surface area contributed by atoms with Crippen molar-refractivity contribution >= 4 is 17.7 Å². The lowest BCUT2D eigenvalue weighted by molar-refractivity contribution is -0.138. The SMILES string of the molecule is CSc1nc(-c2ccccc2)cc(C(F)(F)F)c1C(=O)O. The molecule has 2 aromatic rings. The summed E-state index contributed by atoms with van der Waals surface area (Å²) < 4.78 is 39.4. The summed E-state index contributed by atoms with van der Waals surface area (Å²) in [5.74, 6) is -1.64. The Morgan fingerprint density at radius 3 is 2.33 bits per heavy atom. The molecule has 0 radical (unpaired) electrons. The second kappa shape index (κ2) is 5.77. The fourth-order valence-electron chi connectivity index (χ4n) is 1.86. The van der Waals surface area contributed by atoms with E-state index in [1.165, 1.54) is 6.26 Å². The van der Waals surface area contributed by atoms with Crippen LogP contribution in [0.1, 0.15) is 15.9 Å². The molecule has 0 saturated carbocycles. The van der Waals surface area contributed by atoms with Gasteiger partial charge in [0.05, 0.1) is 11.3 Å². The van der Waals surface area contributed by atoms with Gasteiger partial charge in [-0.15, -0.1) is 11.8 Å². The molecular formula is C14H10F3NO2S. The van der Waals surface area contributed by atoms with Gasteiger partial charge in [0.2, 0.25) is 0 Å². The van der Waals surface area contributed by atoms with Crippen LogP contribution in [0, 0.1) is 0 Å². The number of nitrogens with zero attached hydrogens (tertiary/aromatic N) is 1. The lowest BCUT2D eigenvalue weighted by atomic mass is 10.0. The first-order chi connectivity index (χ1) is 9.84. The van der Waals surface area contributed by atoms with E-state index in [4.69, 9.17) is 5.11 Å². The molecule has 0 fully saturated rings. The van der Waals surface area contributed by atoms with Crippen LogP contribution in [0.2, 0.25) is 0 Å². The van der Waals surface area contributed by atoms with Crippen LogP contribution in [0.4, 0.5) is 13.2 Å². The number of alkyl halides is 3. The molecule has 21 heavy (non-hydrogen) atoms. The van der Waals surface area contributed by atoms with Crippen molar-refractivity contribution in [3.63, 3.8) is 0 Å². The highest BCUT2D eigenvalue weighted by atomic mass is 32.2. The van der Waals surface area contributed by atoms with E-state index in [2.05, 4.69) is 4.98 Å². The summed E-state index contributed by atoms with van der Waals surface area (Å²) in [7, 11) is 0. The quantitative estimate of drug-likeness (QED) is 0.863. The Kier molecular flexibility index (Phi) is 4.22. The molecule has 0 aliphatic heterocycles. The van der Waals surface area contributed by atoms with E-state index in [0.29, 0.717) is 5.56 Å². The first-order valence-electron chi connectivity index (χ1n) is 5.79. The Morgan fingerprint density at radius 2 is 1.86 bits per heavy atom. The number of pyridine rings is 1. The summed E-state index contributed by atoms with van der Waals surface area (Å²) in [5.41, 5.74) is -1.41. The van der Waals surface area contributed by atoms with Crippen LogP contribution in [-0.4, -0.2) is 22.3 Å². The maximum Gasteiger partial charge on any atom is 0.417 e. The number of carboxylic acids is 1. The number of aromatic carboxylic acids is 1. The van der Waals surface area contributed by atoms with E-state index >= 15 is 0 Å². The second-order valence-corrected chi connectivity index (χ2v) is 4.90. The lowest BCUT2D eigenvalue weighted by Crippen LogP contribution is -2.15. The number of aromatic nitrogens is 1. The molecule has 2 rings (SSSR count). The summed E-state index contributed by atoms with van der Waals surface area (Å²) in [5, 5.41) is 8.89. The van der Waals surface area contributed by atoms with Gasteiger partial charge in [0.1, 0.15) is 10.6 Å². The Morgan fingerprint density at radius 1 is 1.24 bits per heavy atom. The van der Waals surface area contributed by atoms with Crippen molar-refractivity contribution in [2.24, 2.45) is 0 Å². The van der Waals surface area contributed by atoms with E-state index in [-0.39, 0.29) is 10.7 Å². The molecule has 1 aromatic heterocycles. The van der Waals surface area contributed by atoms with Crippen molar-refractivity contribution in [1.82, 2.24) is 4.98 Å². The minimum absolute atomic E-state index is 0.0947. The van der Waals surface area contributed by atoms with Gasteiger partial charge in [0.15, 0.2) is 0 Å².